The molecule has 10 rings (SSSR count). The monoisotopic (exact) mass is 829 g/mol. The lowest BCUT2D eigenvalue weighted by atomic mass is 9.35. The van der Waals surface area contributed by atoms with E-state index >= 15 is 0 Å². The summed E-state index contributed by atoms with van der Waals surface area (Å²) in [5, 5.41) is 1.16. The van der Waals surface area contributed by atoms with Crippen molar-refractivity contribution < 1.29 is 4.42 Å². The molecule has 0 bridgehead atoms. The van der Waals surface area contributed by atoms with Crippen molar-refractivity contribution in [1.29, 1.82) is 0 Å². The second kappa shape index (κ2) is 13.8. The highest BCUT2D eigenvalue weighted by Crippen LogP contribution is 2.53. The molecule has 0 radical (unpaired) electrons. The van der Waals surface area contributed by atoms with Crippen LogP contribution in [0.2, 0.25) is 0 Å². The Morgan fingerprint density at radius 3 is 1.71 bits per heavy atom. The van der Waals surface area contributed by atoms with E-state index in [0.29, 0.717) is 0 Å². The van der Waals surface area contributed by atoms with Gasteiger partial charge in [0.2, 0.25) is 0 Å². The molecule has 6 aromatic carbocycles. The molecule has 2 aliphatic heterocycles. The summed E-state index contributed by atoms with van der Waals surface area (Å²) in [6.07, 6.45) is 2.32. The van der Waals surface area contributed by atoms with Crippen molar-refractivity contribution in [2.75, 3.05) is 9.80 Å². The number of fused-ring (bicyclic) bond motifs is 7. The molecule has 7 aromatic rings. The Hall–Kier alpha value is -5.48. The summed E-state index contributed by atoms with van der Waals surface area (Å²) in [5.41, 5.74) is 22.3. The fraction of sp³-hybridized carbons (Fsp3) is 0.356. The van der Waals surface area contributed by atoms with E-state index in [4.69, 9.17) is 4.42 Å². The number of rotatable bonds is 3. The van der Waals surface area contributed by atoms with Gasteiger partial charge in [-0.25, -0.2) is 0 Å². The largest absolute Gasteiger partial charge is 0.468 e. The SMILES string of the molecule is Cc1cc2c3c(c1)N(c1ccc(C(C)(C)C)cc1)c1c(oc4ccc(C(C)(C)C)cc14)B3c1cc(C(C)(C)C)ccc1N2c1cc2c(cc1-c1ccccc1)C(C)(C)CCC2(C)C. The zero-order valence-corrected chi connectivity index (χ0v) is 40.3. The quantitative estimate of drug-likeness (QED) is 0.165. The van der Waals surface area contributed by atoms with Gasteiger partial charge in [-0.1, -0.05) is 151 Å². The summed E-state index contributed by atoms with van der Waals surface area (Å²) < 4.78 is 7.35. The van der Waals surface area contributed by atoms with Crippen LogP contribution in [0.15, 0.2) is 120 Å². The van der Waals surface area contributed by atoms with E-state index in [1.165, 1.54) is 84.6 Å². The van der Waals surface area contributed by atoms with E-state index in [0.717, 1.165) is 34.4 Å². The van der Waals surface area contributed by atoms with Crippen LogP contribution in [-0.4, -0.2) is 6.71 Å². The minimum atomic E-state index is -0.122. The molecule has 3 nitrogen and oxygen atoms in total. The zero-order chi connectivity index (χ0) is 44.8. The third-order valence-corrected chi connectivity index (χ3v) is 14.8. The van der Waals surface area contributed by atoms with Crippen LogP contribution in [0.1, 0.15) is 136 Å². The van der Waals surface area contributed by atoms with E-state index in [9.17, 15) is 0 Å². The van der Waals surface area contributed by atoms with Gasteiger partial charge in [-0.05, 0) is 151 Å². The van der Waals surface area contributed by atoms with Gasteiger partial charge in [-0.15, -0.1) is 0 Å². The molecule has 4 heteroatoms. The zero-order valence-electron chi connectivity index (χ0n) is 40.3. The van der Waals surface area contributed by atoms with Gasteiger partial charge in [0.15, 0.2) is 0 Å². The molecular formula is C59H65BN2O. The maximum Gasteiger partial charge on any atom is 0.297 e. The molecule has 0 atom stereocenters. The normalized spacial score (nSPS) is 16.4. The molecule has 1 aromatic heterocycles. The van der Waals surface area contributed by atoms with E-state index in [-0.39, 0.29) is 33.8 Å². The first-order valence-electron chi connectivity index (χ1n) is 23.3. The number of aryl methyl sites for hydroxylation is 1. The Bertz CT molecular complexity index is 2960. The summed E-state index contributed by atoms with van der Waals surface area (Å²) in [4.78, 5) is 5.17. The smallest absolute Gasteiger partial charge is 0.297 e. The highest BCUT2D eigenvalue weighted by atomic mass is 16.3. The number of nitrogens with zero attached hydrogens (tertiary/aromatic N) is 2. The Morgan fingerprint density at radius 2 is 1.10 bits per heavy atom. The number of hydrogen-bond acceptors (Lipinski definition) is 3. The van der Waals surface area contributed by atoms with Crippen LogP contribution < -0.4 is 26.4 Å². The number of anilines is 6. The molecule has 3 aliphatic rings. The summed E-state index contributed by atoms with van der Waals surface area (Å²) in [6.45, 7) is 32.8. The fourth-order valence-corrected chi connectivity index (χ4v) is 10.8. The van der Waals surface area contributed by atoms with Crippen LogP contribution in [0, 0.1) is 6.92 Å². The first-order valence-corrected chi connectivity index (χ1v) is 23.3. The van der Waals surface area contributed by atoms with Gasteiger partial charge < -0.3 is 14.2 Å². The minimum absolute atomic E-state index is 0.0253. The molecule has 0 unspecified atom stereocenters. The van der Waals surface area contributed by atoms with Crippen molar-refractivity contribution in [3.63, 3.8) is 0 Å². The standard InChI is InChI=1S/C59H65BN2O/c1-36-30-49-52-50(31-36)62(48-35-45-44(58(11,12)28-29-59(45,13)14)34-42(48)37-18-16-15-17-19-37)47-26-22-40(57(8,9)10)33-46(47)60(52)54-53(43-32-39(56(5,6)7)23-27-51(43)63-54)61(49)41-24-20-38(21-25-41)55(2,3)4/h15-27,30-35H,28-29H2,1-14H3. The third-order valence-electron chi connectivity index (χ3n) is 14.8. The lowest BCUT2D eigenvalue weighted by molar-refractivity contribution is 0.332. The average molecular weight is 829 g/mol. The van der Waals surface area contributed by atoms with Gasteiger partial charge in [-0.2, -0.15) is 0 Å². The van der Waals surface area contributed by atoms with Gasteiger partial charge in [0.25, 0.3) is 6.71 Å². The van der Waals surface area contributed by atoms with Gasteiger partial charge in [0, 0.05) is 33.7 Å². The first-order chi connectivity index (χ1) is 29.5. The molecule has 0 saturated heterocycles. The highest BCUT2D eigenvalue weighted by Gasteiger charge is 2.48. The van der Waals surface area contributed by atoms with Crippen molar-refractivity contribution in [1.82, 2.24) is 0 Å². The van der Waals surface area contributed by atoms with Crippen molar-refractivity contribution in [3.05, 3.63) is 149 Å². The van der Waals surface area contributed by atoms with Gasteiger partial charge >= 0.3 is 0 Å². The van der Waals surface area contributed by atoms with E-state index in [2.05, 4.69) is 222 Å². The Kier molecular flexibility index (Phi) is 9.07. The van der Waals surface area contributed by atoms with Gasteiger partial charge in [-0.3, -0.25) is 0 Å². The number of benzene rings is 6. The minimum Gasteiger partial charge on any atom is -0.468 e. The summed E-state index contributed by atoms with van der Waals surface area (Å²) in [7, 11) is 0. The van der Waals surface area contributed by atoms with Crippen LogP contribution in [0.4, 0.5) is 34.1 Å². The van der Waals surface area contributed by atoms with Gasteiger partial charge in [0.1, 0.15) is 5.58 Å². The van der Waals surface area contributed by atoms with Crippen LogP contribution in [0.25, 0.3) is 22.1 Å². The van der Waals surface area contributed by atoms with E-state index < -0.39 is 0 Å². The molecule has 0 amide bonds. The first kappa shape index (κ1) is 41.5. The summed E-state index contributed by atoms with van der Waals surface area (Å²) >= 11 is 0. The molecular weight excluding hydrogens is 763 g/mol. The maximum absolute atomic E-state index is 7.35. The Balaban J connectivity index is 1.34. The van der Waals surface area contributed by atoms with Gasteiger partial charge in [0.05, 0.1) is 17.0 Å². The predicted molar refractivity (Wildman–Crippen MR) is 272 cm³/mol. The average Bonchev–Trinajstić information content (AvgIpc) is 3.60. The highest BCUT2D eigenvalue weighted by molar-refractivity contribution is 7.00. The molecule has 0 fully saturated rings. The molecule has 0 saturated carbocycles. The van der Waals surface area contributed by atoms with Crippen molar-refractivity contribution in [2.45, 2.75) is 137 Å². The lowest BCUT2D eigenvalue weighted by Gasteiger charge is -2.45. The molecule has 0 spiro atoms. The molecule has 3 heterocycles. The predicted octanol–water partition coefficient (Wildman–Crippen LogP) is 14.7. The van der Waals surface area contributed by atoms with E-state index in [1.54, 1.807) is 0 Å². The van der Waals surface area contributed by atoms with Crippen LogP contribution in [0.3, 0.4) is 0 Å². The fourth-order valence-electron chi connectivity index (χ4n) is 10.8. The van der Waals surface area contributed by atoms with Crippen molar-refractivity contribution >= 4 is 68.4 Å². The molecule has 1 aliphatic carbocycles. The second-order valence-electron chi connectivity index (χ2n) is 23.5. The maximum atomic E-state index is 7.35. The lowest BCUT2D eigenvalue weighted by Crippen LogP contribution is -2.61. The van der Waals surface area contributed by atoms with Crippen LogP contribution in [-0.2, 0) is 27.1 Å². The van der Waals surface area contributed by atoms with E-state index in [1.807, 2.05) is 0 Å². The summed E-state index contributed by atoms with van der Waals surface area (Å²) in [5.74, 6) is 0. The molecule has 63 heavy (non-hydrogen) atoms. The summed E-state index contributed by atoms with van der Waals surface area (Å²) in [6, 6.07) is 44.6. The van der Waals surface area contributed by atoms with Crippen LogP contribution in [0.5, 0.6) is 0 Å². The number of furan rings is 1. The Labute approximate surface area is 377 Å². The van der Waals surface area contributed by atoms with Crippen LogP contribution >= 0.6 is 0 Å². The molecule has 0 N–H and O–H groups in total. The molecule has 320 valence electrons. The van der Waals surface area contributed by atoms with Crippen molar-refractivity contribution in [3.8, 4) is 11.1 Å². The number of hydrogen-bond donors (Lipinski definition) is 0. The topological polar surface area (TPSA) is 19.6 Å². The third kappa shape index (κ3) is 6.60. The second-order valence-corrected chi connectivity index (χ2v) is 23.5. The Morgan fingerprint density at radius 1 is 0.540 bits per heavy atom. The van der Waals surface area contributed by atoms with Crippen molar-refractivity contribution in [2.24, 2.45) is 0 Å².